The molecule has 1 unspecified atom stereocenters. The average Bonchev–Trinajstić information content (AvgIpc) is 3.21. The molecule has 1 saturated carbocycles. The van der Waals surface area contributed by atoms with Crippen molar-refractivity contribution in [2.24, 2.45) is 0 Å². The Bertz CT molecular complexity index is 479. The maximum Gasteiger partial charge on any atom is 0.230 e. The monoisotopic (exact) mass is 322 g/mol. The Morgan fingerprint density at radius 3 is 2.89 bits per heavy atom. The van der Waals surface area contributed by atoms with E-state index in [1.807, 2.05) is 12.1 Å². The molecule has 1 aromatic rings. The highest BCUT2D eigenvalue weighted by atomic mass is 79.9. The molecule has 1 heterocycles. The summed E-state index contributed by atoms with van der Waals surface area (Å²) in [7, 11) is 0. The lowest BCUT2D eigenvalue weighted by Gasteiger charge is -2.26. The predicted molar refractivity (Wildman–Crippen MR) is 79.1 cm³/mol. The Balaban J connectivity index is 1.71. The molecule has 0 radical (unpaired) electrons. The molecule has 3 nitrogen and oxygen atoms in total. The number of rotatable bonds is 3. The van der Waals surface area contributed by atoms with Crippen molar-refractivity contribution < 1.29 is 4.79 Å². The van der Waals surface area contributed by atoms with Crippen molar-refractivity contribution in [2.45, 2.75) is 37.1 Å². The van der Waals surface area contributed by atoms with Crippen molar-refractivity contribution in [1.29, 1.82) is 0 Å². The van der Waals surface area contributed by atoms with Gasteiger partial charge in [0.2, 0.25) is 5.91 Å². The Morgan fingerprint density at radius 1 is 1.42 bits per heavy atom. The van der Waals surface area contributed by atoms with E-state index in [2.05, 4.69) is 38.7 Å². The van der Waals surface area contributed by atoms with Crippen molar-refractivity contribution in [3.05, 3.63) is 34.3 Å². The third-order valence-corrected chi connectivity index (χ3v) is 4.69. The molecule has 1 aliphatic heterocycles. The number of halogens is 1. The average molecular weight is 323 g/mol. The fraction of sp³-hybridized carbons (Fsp3) is 0.533. The van der Waals surface area contributed by atoms with Gasteiger partial charge in [-0.2, -0.15) is 0 Å². The van der Waals surface area contributed by atoms with Gasteiger partial charge in [0, 0.05) is 17.1 Å². The molecule has 1 atom stereocenters. The molecule has 1 aromatic carbocycles. The Hall–Kier alpha value is -0.870. The first-order valence-corrected chi connectivity index (χ1v) is 7.78. The van der Waals surface area contributed by atoms with Crippen LogP contribution in [0.1, 0.15) is 31.2 Å². The van der Waals surface area contributed by atoms with Crippen LogP contribution in [0.5, 0.6) is 0 Å². The van der Waals surface area contributed by atoms with Gasteiger partial charge < -0.3 is 10.6 Å². The summed E-state index contributed by atoms with van der Waals surface area (Å²) in [6.45, 7) is 1.98. The first kappa shape index (κ1) is 13.1. The molecule has 0 aromatic heterocycles. The standard InChI is InChI=1S/C15H19BrN2O/c16-12-4-1-3-11(9-12)15(6-7-15)14(19)18-13-5-2-8-17-10-13/h1,3-4,9,13,17H,2,5-8,10H2,(H,18,19). The van der Waals surface area contributed by atoms with Gasteiger partial charge in [-0.1, -0.05) is 28.1 Å². The van der Waals surface area contributed by atoms with E-state index in [0.29, 0.717) is 6.04 Å². The van der Waals surface area contributed by atoms with E-state index in [1.54, 1.807) is 0 Å². The van der Waals surface area contributed by atoms with E-state index < -0.39 is 0 Å². The maximum atomic E-state index is 12.6. The molecular formula is C15H19BrN2O. The molecule has 1 amide bonds. The van der Waals surface area contributed by atoms with Crippen LogP contribution in [0.4, 0.5) is 0 Å². The van der Waals surface area contributed by atoms with Crippen molar-refractivity contribution in [1.82, 2.24) is 10.6 Å². The number of nitrogens with one attached hydrogen (secondary N) is 2. The molecule has 2 aliphatic rings. The summed E-state index contributed by atoms with van der Waals surface area (Å²) in [5.41, 5.74) is 0.879. The molecule has 3 rings (SSSR count). The summed E-state index contributed by atoms with van der Waals surface area (Å²) in [5.74, 6) is 0.208. The minimum atomic E-state index is -0.263. The highest BCUT2D eigenvalue weighted by molar-refractivity contribution is 9.10. The number of carbonyl (C=O) groups excluding carboxylic acids is 1. The van der Waals surface area contributed by atoms with E-state index in [0.717, 1.165) is 48.8 Å². The van der Waals surface area contributed by atoms with Crippen LogP contribution >= 0.6 is 15.9 Å². The van der Waals surface area contributed by atoms with Crippen LogP contribution in [0, 0.1) is 0 Å². The lowest BCUT2D eigenvalue weighted by molar-refractivity contribution is -0.124. The second kappa shape index (κ2) is 5.25. The molecule has 4 heteroatoms. The van der Waals surface area contributed by atoms with Crippen LogP contribution in [0.15, 0.2) is 28.7 Å². The van der Waals surface area contributed by atoms with Gasteiger partial charge in [-0.05, 0) is 49.9 Å². The van der Waals surface area contributed by atoms with Gasteiger partial charge in [-0.3, -0.25) is 4.79 Å². The van der Waals surface area contributed by atoms with Crippen LogP contribution in [0.25, 0.3) is 0 Å². The van der Waals surface area contributed by atoms with Crippen LogP contribution in [-0.4, -0.2) is 25.0 Å². The SMILES string of the molecule is O=C(NC1CCCNC1)C1(c2cccc(Br)c2)CC1. The van der Waals surface area contributed by atoms with E-state index >= 15 is 0 Å². The molecule has 2 fully saturated rings. The van der Waals surface area contributed by atoms with Crippen LogP contribution in [0.2, 0.25) is 0 Å². The lowest BCUT2D eigenvalue weighted by atomic mass is 9.94. The Labute approximate surface area is 122 Å². The third-order valence-electron chi connectivity index (χ3n) is 4.19. The van der Waals surface area contributed by atoms with Crippen LogP contribution in [0.3, 0.4) is 0 Å². The summed E-state index contributed by atoms with van der Waals surface area (Å²) in [5, 5.41) is 6.56. The minimum Gasteiger partial charge on any atom is -0.351 e. The Kier molecular flexibility index (Phi) is 3.63. The Morgan fingerprint density at radius 2 is 2.26 bits per heavy atom. The summed E-state index contributed by atoms with van der Waals surface area (Å²) in [4.78, 5) is 12.6. The van der Waals surface area contributed by atoms with Gasteiger partial charge >= 0.3 is 0 Å². The summed E-state index contributed by atoms with van der Waals surface area (Å²) in [6.07, 6.45) is 4.17. The zero-order chi connectivity index (χ0) is 13.3. The largest absolute Gasteiger partial charge is 0.351 e. The molecular weight excluding hydrogens is 304 g/mol. The molecule has 102 valence electrons. The third kappa shape index (κ3) is 2.70. The molecule has 0 bridgehead atoms. The molecule has 19 heavy (non-hydrogen) atoms. The first-order chi connectivity index (χ1) is 9.21. The highest BCUT2D eigenvalue weighted by Gasteiger charge is 2.51. The summed E-state index contributed by atoms with van der Waals surface area (Å²) >= 11 is 3.49. The van der Waals surface area contributed by atoms with Gasteiger partial charge in [-0.15, -0.1) is 0 Å². The fourth-order valence-electron chi connectivity index (χ4n) is 2.86. The molecule has 2 N–H and O–H groups in total. The fourth-order valence-corrected chi connectivity index (χ4v) is 3.26. The smallest absolute Gasteiger partial charge is 0.230 e. The zero-order valence-electron chi connectivity index (χ0n) is 10.9. The quantitative estimate of drug-likeness (QED) is 0.896. The van der Waals surface area contributed by atoms with Gasteiger partial charge in [0.05, 0.1) is 5.41 Å². The maximum absolute atomic E-state index is 12.6. The second-order valence-electron chi connectivity index (χ2n) is 5.61. The topological polar surface area (TPSA) is 41.1 Å². The summed E-state index contributed by atoms with van der Waals surface area (Å²) < 4.78 is 1.04. The van der Waals surface area contributed by atoms with Gasteiger partial charge in [0.25, 0.3) is 0 Å². The lowest BCUT2D eigenvalue weighted by Crippen LogP contribution is -2.48. The van der Waals surface area contributed by atoms with Gasteiger partial charge in [0.15, 0.2) is 0 Å². The van der Waals surface area contributed by atoms with Crippen molar-refractivity contribution in [2.75, 3.05) is 13.1 Å². The molecule has 0 spiro atoms. The van der Waals surface area contributed by atoms with Crippen molar-refractivity contribution >= 4 is 21.8 Å². The number of amides is 1. The number of hydrogen-bond donors (Lipinski definition) is 2. The van der Waals surface area contributed by atoms with Crippen molar-refractivity contribution in [3.8, 4) is 0 Å². The second-order valence-corrected chi connectivity index (χ2v) is 6.52. The normalized spacial score (nSPS) is 24.8. The molecule has 1 aliphatic carbocycles. The van der Waals surface area contributed by atoms with Crippen molar-refractivity contribution in [3.63, 3.8) is 0 Å². The first-order valence-electron chi connectivity index (χ1n) is 6.98. The number of piperidine rings is 1. The number of carbonyl (C=O) groups is 1. The zero-order valence-corrected chi connectivity index (χ0v) is 12.5. The number of hydrogen-bond acceptors (Lipinski definition) is 2. The number of benzene rings is 1. The van der Waals surface area contributed by atoms with Gasteiger partial charge in [0.1, 0.15) is 0 Å². The van der Waals surface area contributed by atoms with E-state index in [1.165, 1.54) is 0 Å². The van der Waals surface area contributed by atoms with E-state index in [-0.39, 0.29) is 11.3 Å². The van der Waals surface area contributed by atoms with E-state index in [9.17, 15) is 4.79 Å². The van der Waals surface area contributed by atoms with Gasteiger partial charge in [-0.25, -0.2) is 0 Å². The van der Waals surface area contributed by atoms with E-state index in [4.69, 9.17) is 0 Å². The molecule has 1 saturated heterocycles. The van der Waals surface area contributed by atoms with Crippen LogP contribution < -0.4 is 10.6 Å². The predicted octanol–water partition coefficient (Wildman–Crippen LogP) is 2.35. The highest BCUT2D eigenvalue weighted by Crippen LogP contribution is 2.49. The van der Waals surface area contributed by atoms with Crippen LogP contribution in [-0.2, 0) is 10.2 Å². The summed E-state index contributed by atoms with van der Waals surface area (Å²) in [6, 6.07) is 8.45. The minimum absolute atomic E-state index is 0.208.